The fourth-order valence-corrected chi connectivity index (χ4v) is 2.18. The van der Waals surface area contributed by atoms with Crippen LogP contribution < -0.4 is 5.32 Å². The van der Waals surface area contributed by atoms with E-state index in [1.54, 1.807) is 0 Å². The van der Waals surface area contributed by atoms with Crippen LogP contribution in [0.2, 0.25) is 0 Å². The number of hydrogen-bond acceptors (Lipinski definition) is 3. The maximum Gasteiger partial charge on any atom is 0.122 e. The molecule has 4 heteroatoms. The normalized spacial score (nSPS) is 18.4. The van der Waals surface area contributed by atoms with E-state index in [-0.39, 0.29) is 0 Å². The summed E-state index contributed by atoms with van der Waals surface area (Å²) < 4.78 is 2.26. The highest BCUT2D eigenvalue weighted by atomic mass is 15.2. The average molecular weight is 222 g/mol. The van der Waals surface area contributed by atoms with E-state index in [9.17, 15) is 0 Å². The molecule has 4 nitrogen and oxygen atoms in total. The van der Waals surface area contributed by atoms with Gasteiger partial charge in [-0.15, -0.1) is 0 Å². The number of aromatic nitrogens is 2. The second-order valence-corrected chi connectivity index (χ2v) is 4.64. The van der Waals surface area contributed by atoms with Gasteiger partial charge >= 0.3 is 0 Å². The Morgan fingerprint density at radius 2 is 2.38 bits per heavy atom. The largest absolute Gasteiger partial charge is 0.333 e. The lowest BCUT2D eigenvalue weighted by Crippen LogP contribution is -2.35. The van der Waals surface area contributed by atoms with Crippen molar-refractivity contribution in [1.29, 1.82) is 0 Å². The molecule has 1 aromatic heterocycles. The smallest absolute Gasteiger partial charge is 0.122 e. The first-order valence-electron chi connectivity index (χ1n) is 6.19. The summed E-state index contributed by atoms with van der Waals surface area (Å²) in [5.74, 6) is 1.22. The Morgan fingerprint density at radius 3 is 3.19 bits per heavy atom. The summed E-state index contributed by atoms with van der Waals surface area (Å²) in [5.41, 5.74) is 0. The van der Waals surface area contributed by atoms with E-state index in [0.29, 0.717) is 6.04 Å². The molecule has 1 aromatic rings. The van der Waals surface area contributed by atoms with E-state index in [1.807, 2.05) is 13.2 Å². The quantitative estimate of drug-likeness (QED) is 0.809. The van der Waals surface area contributed by atoms with Gasteiger partial charge in [-0.2, -0.15) is 0 Å². The Bertz CT molecular complexity index is 321. The number of nitrogens with one attached hydrogen (secondary N) is 1. The summed E-state index contributed by atoms with van der Waals surface area (Å²) in [6.45, 7) is 6.71. The van der Waals surface area contributed by atoms with Crippen LogP contribution in [0.15, 0.2) is 12.4 Å². The molecule has 2 heterocycles. The van der Waals surface area contributed by atoms with Gasteiger partial charge in [0.1, 0.15) is 5.82 Å². The second-order valence-electron chi connectivity index (χ2n) is 4.64. The summed E-state index contributed by atoms with van der Waals surface area (Å²) in [7, 11) is 2.03. The van der Waals surface area contributed by atoms with Crippen LogP contribution in [0.4, 0.5) is 0 Å². The third kappa shape index (κ3) is 2.83. The van der Waals surface area contributed by atoms with Crippen molar-refractivity contribution in [2.75, 3.05) is 20.1 Å². The molecule has 2 rings (SSSR count). The molecule has 1 N–H and O–H groups in total. The van der Waals surface area contributed by atoms with Gasteiger partial charge in [-0.05, 0) is 33.4 Å². The van der Waals surface area contributed by atoms with Gasteiger partial charge in [0.15, 0.2) is 0 Å². The summed E-state index contributed by atoms with van der Waals surface area (Å²) >= 11 is 0. The zero-order chi connectivity index (χ0) is 11.4. The van der Waals surface area contributed by atoms with E-state index >= 15 is 0 Å². The summed E-state index contributed by atoms with van der Waals surface area (Å²) in [6.07, 6.45) is 6.50. The second kappa shape index (κ2) is 5.46. The summed E-state index contributed by atoms with van der Waals surface area (Å²) in [4.78, 5) is 6.88. The van der Waals surface area contributed by atoms with Crippen molar-refractivity contribution in [3.63, 3.8) is 0 Å². The zero-order valence-electron chi connectivity index (χ0n) is 10.3. The van der Waals surface area contributed by atoms with Gasteiger partial charge in [0, 0.05) is 31.5 Å². The van der Waals surface area contributed by atoms with Crippen molar-refractivity contribution in [3.05, 3.63) is 18.2 Å². The molecule has 0 aliphatic carbocycles. The molecule has 90 valence electrons. The predicted octanol–water partition coefficient (Wildman–Crippen LogP) is 1.09. The Hall–Kier alpha value is -0.870. The van der Waals surface area contributed by atoms with E-state index < -0.39 is 0 Å². The molecule has 0 spiro atoms. The van der Waals surface area contributed by atoms with Gasteiger partial charge in [0.05, 0.1) is 6.54 Å². The molecule has 16 heavy (non-hydrogen) atoms. The molecule has 0 saturated carbocycles. The summed E-state index contributed by atoms with van der Waals surface area (Å²) in [6, 6.07) is 0.631. The van der Waals surface area contributed by atoms with Crippen LogP contribution in [0.1, 0.15) is 25.6 Å². The molecule has 0 amide bonds. The summed E-state index contributed by atoms with van der Waals surface area (Å²) in [5, 5.41) is 3.28. The number of imidazole rings is 1. The van der Waals surface area contributed by atoms with Crippen LogP contribution in [-0.4, -0.2) is 40.6 Å². The molecule has 0 aromatic carbocycles. The molecule has 0 bridgehead atoms. The van der Waals surface area contributed by atoms with Gasteiger partial charge in [0.2, 0.25) is 0 Å². The van der Waals surface area contributed by atoms with Crippen molar-refractivity contribution in [1.82, 2.24) is 19.8 Å². The average Bonchev–Trinajstić information content (AvgIpc) is 2.76. The third-order valence-corrected chi connectivity index (χ3v) is 3.43. The minimum atomic E-state index is 0.631. The highest BCUT2D eigenvalue weighted by Gasteiger charge is 2.15. The topological polar surface area (TPSA) is 33.1 Å². The fourth-order valence-electron chi connectivity index (χ4n) is 2.18. The van der Waals surface area contributed by atoms with Crippen LogP contribution in [0.25, 0.3) is 0 Å². The predicted molar refractivity (Wildman–Crippen MR) is 65.3 cm³/mol. The van der Waals surface area contributed by atoms with Crippen LogP contribution in [-0.2, 0) is 13.1 Å². The molecule has 0 radical (unpaired) electrons. The van der Waals surface area contributed by atoms with Crippen LogP contribution >= 0.6 is 0 Å². The Morgan fingerprint density at radius 1 is 1.50 bits per heavy atom. The standard InChI is InChI=1S/C12H22N4/c1-11(13-2)4-3-6-15-8-9-16-7-5-14-12(16)10-15/h5,7,11,13H,3-4,6,8-10H2,1-2H3. The molecular formula is C12H22N4. The third-order valence-electron chi connectivity index (χ3n) is 3.43. The highest BCUT2D eigenvalue weighted by Crippen LogP contribution is 2.11. The Kier molecular flexibility index (Phi) is 3.96. The number of rotatable bonds is 5. The fraction of sp³-hybridized carbons (Fsp3) is 0.750. The van der Waals surface area contributed by atoms with Crippen LogP contribution in [0.5, 0.6) is 0 Å². The number of hydrogen-bond donors (Lipinski definition) is 1. The lowest BCUT2D eigenvalue weighted by molar-refractivity contribution is 0.211. The first-order valence-corrected chi connectivity index (χ1v) is 6.19. The molecule has 1 aliphatic heterocycles. The van der Waals surface area contributed by atoms with E-state index in [2.05, 4.69) is 32.9 Å². The molecule has 1 unspecified atom stereocenters. The lowest BCUT2D eigenvalue weighted by atomic mass is 10.2. The molecule has 0 saturated heterocycles. The Balaban J connectivity index is 1.73. The highest BCUT2D eigenvalue weighted by molar-refractivity contribution is 4.95. The van der Waals surface area contributed by atoms with E-state index in [1.165, 1.54) is 25.2 Å². The lowest BCUT2D eigenvalue weighted by Gasteiger charge is -2.27. The molecular weight excluding hydrogens is 200 g/mol. The van der Waals surface area contributed by atoms with E-state index in [0.717, 1.165) is 19.6 Å². The SMILES string of the molecule is CNC(C)CCCN1CCn2ccnc2C1. The first-order chi connectivity index (χ1) is 7.79. The van der Waals surface area contributed by atoms with Gasteiger partial charge in [-0.1, -0.05) is 0 Å². The number of fused-ring (bicyclic) bond motifs is 1. The van der Waals surface area contributed by atoms with Crippen molar-refractivity contribution < 1.29 is 0 Å². The Labute approximate surface area is 97.7 Å². The van der Waals surface area contributed by atoms with Crippen molar-refractivity contribution in [3.8, 4) is 0 Å². The zero-order valence-corrected chi connectivity index (χ0v) is 10.3. The monoisotopic (exact) mass is 222 g/mol. The van der Waals surface area contributed by atoms with Crippen LogP contribution in [0.3, 0.4) is 0 Å². The molecule has 0 fully saturated rings. The van der Waals surface area contributed by atoms with Gasteiger partial charge < -0.3 is 9.88 Å². The van der Waals surface area contributed by atoms with E-state index in [4.69, 9.17) is 0 Å². The number of nitrogens with zero attached hydrogens (tertiary/aromatic N) is 3. The molecule has 1 aliphatic rings. The van der Waals surface area contributed by atoms with Gasteiger partial charge in [-0.3, -0.25) is 4.90 Å². The maximum absolute atomic E-state index is 4.38. The van der Waals surface area contributed by atoms with Crippen LogP contribution in [0, 0.1) is 0 Å². The minimum absolute atomic E-state index is 0.631. The first kappa shape index (κ1) is 11.6. The van der Waals surface area contributed by atoms with Crippen molar-refractivity contribution >= 4 is 0 Å². The minimum Gasteiger partial charge on any atom is -0.333 e. The van der Waals surface area contributed by atoms with Crippen molar-refractivity contribution in [2.45, 2.75) is 38.9 Å². The maximum atomic E-state index is 4.38. The molecule has 1 atom stereocenters. The van der Waals surface area contributed by atoms with Gasteiger partial charge in [0.25, 0.3) is 0 Å². The van der Waals surface area contributed by atoms with Crippen molar-refractivity contribution in [2.24, 2.45) is 0 Å². The van der Waals surface area contributed by atoms with Gasteiger partial charge in [-0.25, -0.2) is 4.98 Å².